The van der Waals surface area contributed by atoms with Gasteiger partial charge < -0.3 is 14.9 Å². The van der Waals surface area contributed by atoms with Crippen molar-refractivity contribution in [2.24, 2.45) is 5.10 Å². The van der Waals surface area contributed by atoms with Crippen molar-refractivity contribution in [1.29, 1.82) is 0 Å². The van der Waals surface area contributed by atoms with Crippen molar-refractivity contribution in [1.82, 2.24) is 5.43 Å². The van der Waals surface area contributed by atoms with E-state index in [9.17, 15) is 0 Å². The largest absolute Gasteiger partial charge is 0.493 e. The van der Waals surface area contributed by atoms with E-state index in [1.165, 1.54) is 0 Å². The van der Waals surface area contributed by atoms with Crippen LogP contribution in [0.1, 0.15) is 16.7 Å². The Hall–Kier alpha value is -2.21. The predicted octanol–water partition coefficient (Wildman–Crippen LogP) is 6.47. The van der Waals surface area contributed by atoms with Gasteiger partial charge in [-0.25, -0.2) is 0 Å². The topological polar surface area (TPSA) is 42.8 Å². The first-order valence-corrected chi connectivity index (χ1v) is 10.4. The summed E-state index contributed by atoms with van der Waals surface area (Å²) in [6, 6.07) is 19.0. The first-order chi connectivity index (χ1) is 14.1. The summed E-state index contributed by atoms with van der Waals surface area (Å²) in [5, 5.41) is 5.44. The fourth-order valence-electron chi connectivity index (χ4n) is 2.57. The fraction of sp³-hybridized carbons (Fsp3) is 0.136. The van der Waals surface area contributed by atoms with E-state index in [1.54, 1.807) is 25.5 Å². The third-order valence-electron chi connectivity index (χ3n) is 4.12. The van der Waals surface area contributed by atoms with E-state index in [2.05, 4.69) is 26.5 Å². The quantitative estimate of drug-likeness (QED) is 0.289. The first-order valence-electron chi connectivity index (χ1n) is 8.81. The highest BCUT2D eigenvalue weighted by atomic mass is 79.9. The Kier molecular flexibility index (Phi) is 7.81. The molecule has 3 rings (SSSR count). The number of hydrogen-bond acceptors (Lipinski definition) is 4. The third kappa shape index (κ3) is 6.13. The fourth-order valence-corrected chi connectivity index (χ4v) is 3.37. The second-order valence-electron chi connectivity index (χ2n) is 6.12. The molecule has 4 nitrogen and oxygen atoms in total. The first kappa shape index (κ1) is 21.5. The number of rotatable bonds is 8. The number of benzene rings is 3. The normalized spacial score (nSPS) is 10.9. The molecule has 0 amide bonds. The van der Waals surface area contributed by atoms with Crippen molar-refractivity contribution >= 4 is 45.3 Å². The summed E-state index contributed by atoms with van der Waals surface area (Å²) in [5.41, 5.74) is 5.71. The SMILES string of the molecule is COc1cc(/C=N/NCc2c(Cl)cccc2Cl)ccc1OCc1ccc(Br)cc1. The van der Waals surface area contributed by atoms with Crippen LogP contribution < -0.4 is 14.9 Å². The molecule has 3 aromatic rings. The van der Waals surface area contributed by atoms with Crippen LogP contribution in [-0.2, 0) is 13.2 Å². The molecule has 0 saturated carbocycles. The number of nitrogens with one attached hydrogen (secondary N) is 1. The predicted molar refractivity (Wildman–Crippen MR) is 122 cm³/mol. The van der Waals surface area contributed by atoms with Crippen LogP contribution in [0.4, 0.5) is 0 Å². The lowest BCUT2D eigenvalue weighted by atomic mass is 10.2. The molecule has 0 fully saturated rings. The zero-order valence-corrected chi connectivity index (χ0v) is 18.8. The Bertz CT molecular complexity index is 974. The van der Waals surface area contributed by atoms with Crippen LogP contribution in [0.3, 0.4) is 0 Å². The Balaban J connectivity index is 1.60. The van der Waals surface area contributed by atoms with Gasteiger partial charge in [0.2, 0.25) is 0 Å². The minimum atomic E-state index is 0.431. The molecule has 0 saturated heterocycles. The molecule has 0 spiro atoms. The average Bonchev–Trinajstić information content (AvgIpc) is 2.73. The van der Waals surface area contributed by atoms with Crippen LogP contribution in [-0.4, -0.2) is 13.3 Å². The number of methoxy groups -OCH3 is 1. The summed E-state index contributed by atoms with van der Waals surface area (Å²) in [4.78, 5) is 0. The van der Waals surface area contributed by atoms with Crippen molar-refractivity contribution in [3.05, 3.63) is 91.9 Å². The van der Waals surface area contributed by atoms with Crippen LogP contribution in [0.15, 0.2) is 70.2 Å². The van der Waals surface area contributed by atoms with Crippen molar-refractivity contribution in [2.45, 2.75) is 13.2 Å². The summed E-state index contributed by atoms with van der Waals surface area (Å²) in [7, 11) is 1.61. The average molecular weight is 494 g/mol. The molecule has 0 radical (unpaired) electrons. The zero-order chi connectivity index (χ0) is 20.6. The van der Waals surface area contributed by atoms with Crippen molar-refractivity contribution in [3.8, 4) is 11.5 Å². The van der Waals surface area contributed by atoms with E-state index in [1.807, 2.05) is 48.5 Å². The van der Waals surface area contributed by atoms with Crippen molar-refractivity contribution in [3.63, 3.8) is 0 Å². The number of ether oxygens (including phenoxy) is 2. The maximum Gasteiger partial charge on any atom is 0.161 e. The van der Waals surface area contributed by atoms with Gasteiger partial charge in [0.1, 0.15) is 6.61 Å². The highest BCUT2D eigenvalue weighted by Crippen LogP contribution is 2.28. The lowest BCUT2D eigenvalue weighted by molar-refractivity contribution is 0.284. The molecule has 3 aromatic carbocycles. The van der Waals surface area contributed by atoms with Gasteiger partial charge in [0.25, 0.3) is 0 Å². The lowest BCUT2D eigenvalue weighted by Gasteiger charge is -2.11. The maximum atomic E-state index is 6.16. The van der Waals surface area contributed by atoms with Gasteiger partial charge in [-0.1, -0.05) is 57.3 Å². The Labute approximate surface area is 188 Å². The van der Waals surface area contributed by atoms with Gasteiger partial charge in [0.15, 0.2) is 11.5 Å². The van der Waals surface area contributed by atoms with Gasteiger partial charge in [-0.3, -0.25) is 0 Å². The second kappa shape index (κ2) is 10.5. The summed E-state index contributed by atoms with van der Waals surface area (Å²) < 4.78 is 12.4. The summed E-state index contributed by atoms with van der Waals surface area (Å²) >= 11 is 15.7. The van der Waals surface area contributed by atoms with Gasteiger partial charge >= 0.3 is 0 Å². The Morgan fingerprint density at radius 3 is 2.41 bits per heavy atom. The number of hydrogen-bond donors (Lipinski definition) is 1. The molecule has 150 valence electrons. The molecule has 1 N–H and O–H groups in total. The smallest absolute Gasteiger partial charge is 0.161 e. The minimum absolute atomic E-state index is 0.431. The van der Waals surface area contributed by atoms with Gasteiger partial charge in [0.05, 0.1) is 19.9 Å². The molecule has 0 aromatic heterocycles. The highest BCUT2D eigenvalue weighted by Gasteiger charge is 2.06. The van der Waals surface area contributed by atoms with Gasteiger partial charge in [-0.15, -0.1) is 0 Å². The minimum Gasteiger partial charge on any atom is -0.493 e. The molecular weight excluding hydrogens is 475 g/mol. The molecule has 0 aliphatic rings. The van der Waals surface area contributed by atoms with E-state index < -0.39 is 0 Å². The molecule has 0 unspecified atom stereocenters. The highest BCUT2D eigenvalue weighted by molar-refractivity contribution is 9.10. The number of nitrogens with zero attached hydrogens (tertiary/aromatic N) is 1. The molecule has 0 bridgehead atoms. The standard InChI is InChI=1S/C22H19BrCl2N2O2/c1-28-22-11-16(12-26-27-13-18-19(24)3-2-4-20(18)25)7-10-21(22)29-14-15-5-8-17(23)9-6-15/h2-12,27H,13-14H2,1H3/b26-12+. The Morgan fingerprint density at radius 2 is 1.72 bits per heavy atom. The van der Waals surface area contributed by atoms with Crippen LogP contribution in [0.5, 0.6) is 11.5 Å². The number of halogens is 3. The maximum absolute atomic E-state index is 6.16. The van der Waals surface area contributed by atoms with E-state index >= 15 is 0 Å². The van der Waals surface area contributed by atoms with Crippen molar-refractivity contribution < 1.29 is 9.47 Å². The lowest BCUT2D eigenvalue weighted by Crippen LogP contribution is -2.06. The van der Waals surface area contributed by atoms with Crippen molar-refractivity contribution in [2.75, 3.05) is 7.11 Å². The summed E-state index contributed by atoms with van der Waals surface area (Å²) in [5.74, 6) is 1.31. The van der Waals surface area contributed by atoms with E-state index in [0.29, 0.717) is 34.7 Å². The van der Waals surface area contributed by atoms with Gasteiger partial charge in [0, 0.05) is 20.1 Å². The molecule has 0 aliphatic carbocycles. The van der Waals surface area contributed by atoms with E-state index in [0.717, 1.165) is 21.2 Å². The van der Waals surface area contributed by atoms with Crippen LogP contribution in [0.2, 0.25) is 10.0 Å². The molecule has 29 heavy (non-hydrogen) atoms. The Morgan fingerprint density at radius 1 is 1.00 bits per heavy atom. The van der Waals surface area contributed by atoms with Crippen LogP contribution >= 0.6 is 39.1 Å². The summed E-state index contributed by atoms with van der Waals surface area (Å²) in [6.45, 7) is 0.887. The molecular formula is C22H19BrCl2N2O2. The molecule has 0 atom stereocenters. The monoisotopic (exact) mass is 492 g/mol. The zero-order valence-electron chi connectivity index (χ0n) is 15.7. The van der Waals surface area contributed by atoms with Crippen LogP contribution in [0, 0.1) is 0 Å². The van der Waals surface area contributed by atoms with E-state index in [4.69, 9.17) is 32.7 Å². The van der Waals surface area contributed by atoms with Gasteiger partial charge in [-0.2, -0.15) is 5.10 Å². The molecule has 7 heteroatoms. The second-order valence-corrected chi connectivity index (χ2v) is 7.85. The van der Waals surface area contributed by atoms with E-state index in [-0.39, 0.29) is 0 Å². The third-order valence-corrected chi connectivity index (χ3v) is 5.35. The summed E-state index contributed by atoms with van der Waals surface area (Å²) in [6.07, 6.45) is 1.70. The van der Waals surface area contributed by atoms with Crippen LogP contribution in [0.25, 0.3) is 0 Å². The molecule has 0 aliphatic heterocycles. The number of hydrazone groups is 1. The van der Waals surface area contributed by atoms with Gasteiger partial charge in [-0.05, 0) is 53.6 Å². The molecule has 0 heterocycles.